The van der Waals surface area contributed by atoms with Crippen molar-refractivity contribution in [3.05, 3.63) is 15.8 Å². The molecule has 0 radical (unpaired) electrons. The second-order valence-electron chi connectivity index (χ2n) is 5.57. The summed E-state index contributed by atoms with van der Waals surface area (Å²) in [7, 11) is 0. The molecule has 1 saturated heterocycles. The van der Waals surface area contributed by atoms with Crippen LogP contribution < -0.4 is 21.6 Å². The van der Waals surface area contributed by atoms with Crippen molar-refractivity contribution in [3.63, 3.8) is 0 Å². The van der Waals surface area contributed by atoms with Crippen LogP contribution in [0.5, 0.6) is 0 Å². The number of piperazine rings is 1. The van der Waals surface area contributed by atoms with E-state index >= 15 is 0 Å². The standard InChI is InChI=1S/C15H18ClN7O2/c1-2-3-6-22-11-12(21-7-4-18-5-8-21)19-14(16)20-13(11)23(15(22)25)9-10(17)24/h18H,4-9H2,1H3,(H2,17,24). The number of carbonyl (C=O) groups is 1. The third kappa shape index (κ3) is 3.31. The molecule has 10 heteroatoms. The molecule has 3 rings (SSSR count). The maximum absolute atomic E-state index is 12.8. The minimum absolute atomic E-state index is 0.0120. The van der Waals surface area contributed by atoms with Crippen molar-refractivity contribution in [3.8, 4) is 11.8 Å². The normalized spacial score (nSPS) is 14.4. The lowest BCUT2D eigenvalue weighted by molar-refractivity contribution is -0.118. The lowest BCUT2D eigenvalue weighted by Gasteiger charge is -2.28. The first-order valence-corrected chi connectivity index (χ1v) is 8.21. The molecule has 2 aromatic heterocycles. The topological polar surface area (TPSA) is 111 Å². The number of fused-ring (bicyclic) bond motifs is 1. The van der Waals surface area contributed by atoms with E-state index in [1.165, 1.54) is 9.13 Å². The van der Waals surface area contributed by atoms with Crippen LogP contribution in [0.25, 0.3) is 11.2 Å². The summed E-state index contributed by atoms with van der Waals surface area (Å²) in [6, 6.07) is 0. The summed E-state index contributed by atoms with van der Waals surface area (Å²) >= 11 is 6.08. The molecule has 1 aliphatic heterocycles. The smallest absolute Gasteiger partial charge is 0.331 e. The van der Waals surface area contributed by atoms with E-state index in [9.17, 15) is 9.59 Å². The average molecular weight is 364 g/mol. The average Bonchev–Trinajstić information content (AvgIpc) is 2.84. The Labute approximate surface area is 148 Å². The SMILES string of the molecule is CC#CCn1c(=O)n(CC(N)=O)c2nc(Cl)nc(N3CCNCC3)c21. The predicted octanol–water partition coefficient (Wildman–Crippen LogP) is -0.835. The molecule has 2 aromatic rings. The van der Waals surface area contributed by atoms with Gasteiger partial charge in [-0.15, -0.1) is 5.92 Å². The molecule has 9 nitrogen and oxygen atoms in total. The molecule has 132 valence electrons. The third-order valence-corrected chi connectivity index (χ3v) is 4.12. The van der Waals surface area contributed by atoms with E-state index in [0.29, 0.717) is 11.3 Å². The Morgan fingerprint density at radius 2 is 2.04 bits per heavy atom. The Morgan fingerprint density at radius 1 is 1.32 bits per heavy atom. The van der Waals surface area contributed by atoms with Crippen LogP contribution in [0.15, 0.2) is 4.79 Å². The Hall–Kier alpha value is -2.57. The maximum atomic E-state index is 12.8. The molecule has 1 fully saturated rings. The van der Waals surface area contributed by atoms with Crippen molar-refractivity contribution in [2.45, 2.75) is 20.0 Å². The number of hydrogen-bond acceptors (Lipinski definition) is 6. The van der Waals surface area contributed by atoms with Crippen molar-refractivity contribution in [1.29, 1.82) is 0 Å². The van der Waals surface area contributed by atoms with Gasteiger partial charge in [0.05, 0.1) is 6.54 Å². The van der Waals surface area contributed by atoms with Crippen molar-refractivity contribution in [2.24, 2.45) is 5.73 Å². The van der Waals surface area contributed by atoms with Crippen LogP contribution in [0, 0.1) is 11.8 Å². The quantitative estimate of drug-likeness (QED) is 0.541. The van der Waals surface area contributed by atoms with Gasteiger partial charge in [-0.3, -0.25) is 13.9 Å². The molecule has 25 heavy (non-hydrogen) atoms. The number of nitrogens with one attached hydrogen (secondary N) is 1. The largest absolute Gasteiger partial charge is 0.368 e. The monoisotopic (exact) mass is 363 g/mol. The molecule has 0 saturated carbocycles. The summed E-state index contributed by atoms with van der Waals surface area (Å²) in [6.07, 6.45) is 0. The van der Waals surface area contributed by atoms with Crippen LogP contribution in [-0.2, 0) is 17.9 Å². The molecular formula is C15H18ClN7O2. The van der Waals surface area contributed by atoms with E-state index in [1.54, 1.807) is 6.92 Å². The number of primary amides is 1. The number of amides is 1. The van der Waals surface area contributed by atoms with Crippen molar-refractivity contribution in [2.75, 3.05) is 31.1 Å². The predicted molar refractivity (Wildman–Crippen MR) is 94.5 cm³/mol. The Kier molecular flexibility index (Phi) is 4.92. The fourth-order valence-electron chi connectivity index (χ4n) is 2.87. The van der Waals surface area contributed by atoms with Crippen molar-refractivity contribution >= 4 is 34.5 Å². The summed E-state index contributed by atoms with van der Waals surface area (Å²) in [4.78, 5) is 34.7. The Morgan fingerprint density at radius 3 is 2.68 bits per heavy atom. The number of aromatic nitrogens is 4. The molecule has 0 spiro atoms. The van der Waals surface area contributed by atoms with Gasteiger partial charge < -0.3 is 16.0 Å². The molecule has 0 unspecified atom stereocenters. The fraction of sp³-hybridized carbons (Fsp3) is 0.467. The molecule has 1 amide bonds. The van der Waals surface area contributed by atoms with Gasteiger partial charge in [0.25, 0.3) is 0 Å². The summed E-state index contributed by atoms with van der Waals surface area (Å²) in [6.45, 7) is 4.61. The number of carbonyl (C=O) groups excluding carboxylic acids is 1. The highest BCUT2D eigenvalue weighted by atomic mass is 35.5. The molecule has 0 aliphatic carbocycles. The van der Waals surface area contributed by atoms with Gasteiger partial charge in [-0.25, -0.2) is 4.79 Å². The lowest BCUT2D eigenvalue weighted by Crippen LogP contribution is -2.44. The molecule has 0 aromatic carbocycles. The molecule has 0 atom stereocenters. The van der Waals surface area contributed by atoms with Crippen LogP contribution in [0.1, 0.15) is 6.92 Å². The van der Waals surface area contributed by atoms with Crippen molar-refractivity contribution < 1.29 is 4.79 Å². The van der Waals surface area contributed by atoms with Gasteiger partial charge in [0, 0.05) is 26.2 Å². The first kappa shape index (κ1) is 17.3. The minimum Gasteiger partial charge on any atom is -0.368 e. The number of rotatable bonds is 4. The van der Waals surface area contributed by atoms with Gasteiger partial charge in [0.1, 0.15) is 12.1 Å². The van der Waals surface area contributed by atoms with E-state index < -0.39 is 11.6 Å². The van der Waals surface area contributed by atoms with Crippen LogP contribution in [0.4, 0.5) is 5.82 Å². The van der Waals surface area contributed by atoms with Crippen molar-refractivity contribution in [1.82, 2.24) is 24.4 Å². The van der Waals surface area contributed by atoms with Crippen LogP contribution in [0.2, 0.25) is 5.28 Å². The van der Waals surface area contributed by atoms with Gasteiger partial charge in [0.2, 0.25) is 11.2 Å². The van der Waals surface area contributed by atoms with Gasteiger partial charge in [-0.1, -0.05) is 5.92 Å². The fourth-order valence-corrected chi connectivity index (χ4v) is 3.03. The first-order chi connectivity index (χ1) is 12.0. The van der Waals surface area contributed by atoms with E-state index in [-0.39, 0.29) is 24.0 Å². The molecule has 3 N–H and O–H groups in total. The summed E-state index contributed by atoms with van der Waals surface area (Å²) < 4.78 is 2.68. The zero-order chi connectivity index (χ0) is 18.0. The number of hydrogen-bond donors (Lipinski definition) is 2. The number of halogens is 1. The third-order valence-electron chi connectivity index (χ3n) is 3.95. The summed E-state index contributed by atoms with van der Waals surface area (Å²) in [5, 5.41) is 3.28. The number of nitrogens with two attached hydrogens (primary N) is 1. The highest BCUT2D eigenvalue weighted by Gasteiger charge is 2.24. The maximum Gasteiger partial charge on any atom is 0.331 e. The van der Waals surface area contributed by atoms with Crippen LogP contribution in [-0.4, -0.2) is 51.2 Å². The second kappa shape index (κ2) is 7.13. The van der Waals surface area contributed by atoms with E-state index in [4.69, 9.17) is 17.3 Å². The Balaban J connectivity index is 2.29. The zero-order valence-corrected chi connectivity index (χ0v) is 14.5. The van der Waals surface area contributed by atoms with Gasteiger partial charge in [0.15, 0.2) is 11.5 Å². The number of anilines is 1. The number of nitrogens with zero attached hydrogens (tertiary/aromatic N) is 5. The second-order valence-corrected chi connectivity index (χ2v) is 5.91. The zero-order valence-electron chi connectivity index (χ0n) is 13.8. The molecule has 0 bridgehead atoms. The number of imidazole rings is 1. The van der Waals surface area contributed by atoms with E-state index in [2.05, 4.69) is 27.1 Å². The lowest BCUT2D eigenvalue weighted by atomic mass is 10.3. The van der Waals surface area contributed by atoms with Gasteiger partial charge in [-0.2, -0.15) is 9.97 Å². The van der Waals surface area contributed by atoms with Crippen LogP contribution >= 0.6 is 11.6 Å². The van der Waals surface area contributed by atoms with Gasteiger partial charge >= 0.3 is 5.69 Å². The highest BCUT2D eigenvalue weighted by Crippen LogP contribution is 2.25. The first-order valence-electron chi connectivity index (χ1n) is 7.83. The van der Waals surface area contributed by atoms with Gasteiger partial charge in [-0.05, 0) is 18.5 Å². The molecule has 3 heterocycles. The van der Waals surface area contributed by atoms with E-state index in [1.807, 2.05) is 4.90 Å². The Bertz CT molecular complexity index is 931. The summed E-state index contributed by atoms with van der Waals surface area (Å²) in [5.74, 6) is 5.57. The molecular weight excluding hydrogens is 346 g/mol. The summed E-state index contributed by atoms with van der Waals surface area (Å²) in [5.41, 5.74) is 5.67. The minimum atomic E-state index is -0.638. The van der Waals surface area contributed by atoms with E-state index in [0.717, 1.165) is 26.2 Å². The molecule has 1 aliphatic rings. The van der Waals surface area contributed by atoms with Crippen LogP contribution in [0.3, 0.4) is 0 Å². The highest BCUT2D eigenvalue weighted by molar-refractivity contribution is 6.28.